The van der Waals surface area contributed by atoms with Gasteiger partial charge < -0.3 is 15.2 Å². The third-order valence-electron chi connectivity index (χ3n) is 3.90. The number of nitrogens with zero attached hydrogens (tertiary/aromatic N) is 4. The molecule has 0 radical (unpaired) electrons. The summed E-state index contributed by atoms with van der Waals surface area (Å²) in [6, 6.07) is 0. The number of nitrogens with two attached hydrogens (primary N) is 1. The van der Waals surface area contributed by atoms with E-state index in [-0.39, 0.29) is 18.3 Å². The van der Waals surface area contributed by atoms with Crippen LogP contribution in [0.3, 0.4) is 0 Å². The van der Waals surface area contributed by atoms with Gasteiger partial charge in [-0.1, -0.05) is 13.8 Å². The highest BCUT2D eigenvalue weighted by molar-refractivity contribution is 14.1. The summed E-state index contributed by atoms with van der Waals surface area (Å²) in [5.41, 5.74) is 6.44. The first-order valence-electron chi connectivity index (χ1n) is 6.95. The molecule has 3 rings (SSSR count). The Bertz CT molecular complexity index is 674. The zero-order chi connectivity index (χ0) is 15.1. The molecule has 7 nitrogen and oxygen atoms in total. The van der Waals surface area contributed by atoms with Crippen molar-refractivity contribution >= 4 is 39.6 Å². The predicted molar refractivity (Wildman–Crippen MR) is 87.0 cm³/mol. The molecule has 1 saturated heterocycles. The average Bonchev–Trinajstić information content (AvgIpc) is 2.98. The van der Waals surface area contributed by atoms with E-state index in [1.165, 1.54) is 0 Å². The van der Waals surface area contributed by atoms with Crippen molar-refractivity contribution < 1.29 is 9.47 Å². The summed E-state index contributed by atoms with van der Waals surface area (Å²) in [6.07, 6.45) is 2.05. The van der Waals surface area contributed by atoms with E-state index < -0.39 is 0 Å². The van der Waals surface area contributed by atoms with Crippen LogP contribution in [0.1, 0.15) is 32.9 Å². The summed E-state index contributed by atoms with van der Waals surface area (Å²) in [5, 5.41) is 5.35. The van der Waals surface area contributed by atoms with E-state index in [2.05, 4.69) is 51.5 Å². The van der Waals surface area contributed by atoms with Gasteiger partial charge in [-0.2, -0.15) is 15.1 Å². The molecule has 2 aromatic rings. The average molecular weight is 403 g/mol. The van der Waals surface area contributed by atoms with E-state index in [0.29, 0.717) is 17.4 Å². The number of halogens is 1. The number of ether oxygens (including phenoxy) is 2. The normalized spacial score (nSPS) is 25.6. The van der Waals surface area contributed by atoms with Crippen molar-refractivity contribution in [1.29, 1.82) is 0 Å². The molecule has 1 fully saturated rings. The van der Waals surface area contributed by atoms with Crippen LogP contribution in [0.25, 0.3) is 11.0 Å². The van der Waals surface area contributed by atoms with Crippen molar-refractivity contribution in [3.8, 4) is 5.88 Å². The van der Waals surface area contributed by atoms with Crippen LogP contribution in [0, 0.1) is 9.62 Å². The lowest BCUT2D eigenvalue weighted by atomic mass is 10.0. The minimum atomic E-state index is -0.116. The van der Waals surface area contributed by atoms with Crippen LogP contribution in [0.15, 0.2) is 0 Å². The van der Waals surface area contributed by atoms with E-state index in [4.69, 9.17) is 15.2 Å². The van der Waals surface area contributed by atoms with Crippen LogP contribution >= 0.6 is 22.6 Å². The molecule has 21 heavy (non-hydrogen) atoms. The standard InChI is InChI=1S/C13H18IN5O2/c1-4-7-6(2)5-8(21-7)19-11-9(10(14)18-19)12(20-3)17-13(15)16-11/h6-8H,4-5H2,1-3H3,(H2,15,16,17)/t6-,7-,8-/m1/s1. The third-order valence-corrected chi connectivity index (χ3v) is 4.66. The number of methoxy groups -OCH3 is 1. The highest BCUT2D eigenvalue weighted by Crippen LogP contribution is 2.37. The quantitative estimate of drug-likeness (QED) is 0.792. The number of aromatic nitrogens is 4. The first-order chi connectivity index (χ1) is 10.0. The van der Waals surface area contributed by atoms with Gasteiger partial charge in [0.1, 0.15) is 9.09 Å². The van der Waals surface area contributed by atoms with Crippen molar-refractivity contribution in [2.75, 3.05) is 12.8 Å². The molecule has 0 saturated carbocycles. The van der Waals surface area contributed by atoms with Crippen LogP contribution in [0.2, 0.25) is 0 Å². The van der Waals surface area contributed by atoms with Crippen molar-refractivity contribution in [2.24, 2.45) is 5.92 Å². The lowest BCUT2D eigenvalue weighted by Crippen LogP contribution is -2.14. The zero-order valence-corrected chi connectivity index (χ0v) is 14.4. The SMILES string of the molecule is CC[C@H]1O[C@@H](n2nc(I)c3c(OC)nc(N)nc32)C[C@H]1C. The van der Waals surface area contributed by atoms with Crippen molar-refractivity contribution in [3.05, 3.63) is 3.70 Å². The Kier molecular flexibility index (Phi) is 3.91. The minimum absolute atomic E-state index is 0.116. The highest BCUT2D eigenvalue weighted by atomic mass is 127. The molecule has 0 spiro atoms. The summed E-state index contributed by atoms with van der Waals surface area (Å²) in [5.74, 6) is 1.12. The molecule has 3 atom stereocenters. The van der Waals surface area contributed by atoms with Crippen molar-refractivity contribution in [2.45, 2.75) is 39.0 Å². The summed E-state index contributed by atoms with van der Waals surface area (Å²) >= 11 is 2.16. The van der Waals surface area contributed by atoms with Crippen LogP contribution in [0.4, 0.5) is 5.95 Å². The van der Waals surface area contributed by atoms with Gasteiger partial charge in [-0.15, -0.1) is 0 Å². The first-order valence-corrected chi connectivity index (χ1v) is 8.03. The van der Waals surface area contributed by atoms with Gasteiger partial charge in [0.15, 0.2) is 11.9 Å². The molecule has 8 heteroatoms. The van der Waals surface area contributed by atoms with E-state index in [9.17, 15) is 0 Å². The second-order valence-electron chi connectivity index (χ2n) is 5.28. The molecule has 0 aromatic carbocycles. The number of anilines is 1. The molecule has 0 amide bonds. The Hall–Kier alpha value is -1.16. The lowest BCUT2D eigenvalue weighted by Gasteiger charge is -2.14. The molecular formula is C13H18IN5O2. The highest BCUT2D eigenvalue weighted by Gasteiger charge is 2.34. The fourth-order valence-corrected chi connectivity index (χ4v) is 3.55. The van der Waals surface area contributed by atoms with Gasteiger partial charge in [0.2, 0.25) is 11.8 Å². The zero-order valence-electron chi connectivity index (χ0n) is 12.2. The molecular weight excluding hydrogens is 385 g/mol. The summed E-state index contributed by atoms with van der Waals surface area (Å²) in [7, 11) is 1.57. The van der Waals surface area contributed by atoms with E-state index in [1.807, 2.05) is 4.68 Å². The van der Waals surface area contributed by atoms with Crippen molar-refractivity contribution in [1.82, 2.24) is 19.7 Å². The molecule has 2 aromatic heterocycles. The number of rotatable bonds is 3. The fraction of sp³-hybridized carbons (Fsp3) is 0.615. The molecule has 0 unspecified atom stereocenters. The second-order valence-corrected chi connectivity index (χ2v) is 6.30. The first kappa shape index (κ1) is 14.8. The maximum Gasteiger partial charge on any atom is 0.230 e. The fourth-order valence-electron chi connectivity index (χ4n) is 2.85. The number of nitrogen functional groups attached to an aromatic ring is 1. The third kappa shape index (κ3) is 2.44. The molecule has 0 aliphatic carbocycles. The lowest BCUT2D eigenvalue weighted by molar-refractivity contribution is -0.00964. The maximum atomic E-state index is 6.10. The molecule has 1 aliphatic heterocycles. The van der Waals surface area contributed by atoms with Gasteiger partial charge >= 0.3 is 0 Å². The van der Waals surface area contributed by atoms with E-state index >= 15 is 0 Å². The van der Waals surface area contributed by atoms with Crippen molar-refractivity contribution in [3.63, 3.8) is 0 Å². The van der Waals surface area contributed by atoms with Gasteiger partial charge in [0.05, 0.1) is 13.2 Å². The summed E-state index contributed by atoms with van der Waals surface area (Å²) in [4.78, 5) is 8.44. The number of hydrogen-bond acceptors (Lipinski definition) is 6. The Morgan fingerprint density at radius 1 is 1.48 bits per heavy atom. The Balaban J connectivity index is 2.10. The van der Waals surface area contributed by atoms with Crippen LogP contribution in [-0.2, 0) is 4.74 Å². The van der Waals surface area contributed by atoms with Gasteiger partial charge in [0.25, 0.3) is 0 Å². The Labute approximate surface area is 136 Å². The summed E-state index contributed by atoms with van der Waals surface area (Å²) in [6.45, 7) is 4.34. The van der Waals surface area contributed by atoms with Crippen LogP contribution in [-0.4, -0.2) is 33.0 Å². The number of fused-ring (bicyclic) bond motifs is 1. The Morgan fingerprint density at radius 3 is 2.86 bits per heavy atom. The topological polar surface area (TPSA) is 88.1 Å². The predicted octanol–water partition coefficient (Wildman–Crippen LogP) is 2.36. The molecule has 114 valence electrons. The molecule has 2 N–H and O–H groups in total. The molecule has 1 aliphatic rings. The summed E-state index contributed by atoms with van der Waals surface area (Å²) < 4.78 is 14.0. The minimum Gasteiger partial charge on any atom is -0.480 e. The Morgan fingerprint density at radius 2 is 2.24 bits per heavy atom. The van der Waals surface area contributed by atoms with Crippen LogP contribution < -0.4 is 10.5 Å². The monoisotopic (exact) mass is 403 g/mol. The van der Waals surface area contributed by atoms with Gasteiger partial charge in [0, 0.05) is 0 Å². The molecule has 3 heterocycles. The van der Waals surface area contributed by atoms with Gasteiger partial charge in [-0.25, -0.2) is 4.68 Å². The molecule has 0 bridgehead atoms. The number of hydrogen-bond donors (Lipinski definition) is 1. The smallest absolute Gasteiger partial charge is 0.230 e. The maximum absolute atomic E-state index is 6.10. The van der Waals surface area contributed by atoms with E-state index in [0.717, 1.165) is 21.9 Å². The van der Waals surface area contributed by atoms with Gasteiger partial charge in [-0.05, 0) is 41.4 Å². The van der Waals surface area contributed by atoms with Gasteiger partial charge in [-0.3, -0.25) is 0 Å². The largest absolute Gasteiger partial charge is 0.480 e. The van der Waals surface area contributed by atoms with E-state index in [1.54, 1.807) is 7.11 Å². The van der Waals surface area contributed by atoms with Crippen LogP contribution in [0.5, 0.6) is 5.88 Å². The second kappa shape index (κ2) is 5.56.